The number of hydrogen-bond donors (Lipinski definition) is 3. The minimum Gasteiger partial charge on any atom is -0.481 e. The second-order valence-electron chi connectivity index (χ2n) is 9.07. The predicted octanol–water partition coefficient (Wildman–Crippen LogP) is 3.96. The van der Waals surface area contributed by atoms with E-state index in [0.29, 0.717) is 28.9 Å². The minimum atomic E-state index is -3.68. The number of aliphatic hydroxyl groups excluding tert-OH is 2. The molecule has 1 aromatic heterocycles. The fourth-order valence-corrected chi connectivity index (χ4v) is 4.74. The number of aromatic nitrogens is 2. The summed E-state index contributed by atoms with van der Waals surface area (Å²) in [5.41, 5.74) is 1.90. The van der Waals surface area contributed by atoms with Gasteiger partial charge in [-0.15, -0.1) is 0 Å². The molecule has 37 heavy (non-hydrogen) atoms. The van der Waals surface area contributed by atoms with Crippen molar-refractivity contribution in [2.45, 2.75) is 71.5 Å². The van der Waals surface area contributed by atoms with Crippen LogP contribution < -0.4 is 4.31 Å². The van der Waals surface area contributed by atoms with Crippen molar-refractivity contribution in [2.24, 2.45) is 0 Å². The Morgan fingerprint density at radius 3 is 2.32 bits per heavy atom. The summed E-state index contributed by atoms with van der Waals surface area (Å²) in [6, 6.07) is 5.60. The van der Waals surface area contributed by atoms with E-state index in [-0.39, 0.29) is 30.6 Å². The van der Waals surface area contributed by atoms with Crippen LogP contribution in [0.1, 0.15) is 70.6 Å². The van der Waals surface area contributed by atoms with E-state index in [0.717, 1.165) is 6.42 Å². The number of anilines is 1. The summed E-state index contributed by atoms with van der Waals surface area (Å²) in [6.45, 7) is 7.48. The van der Waals surface area contributed by atoms with Crippen LogP contribution in [-0.4, -0.2) is 64.2 Å². The number of carbonyl (C=O) groups is 1. The van der Waals surface area contributed by atoms with Crippen LogP contribution in [0.4, 0.5) is 10.3 Å². The monoisotopic (exact) mass is 537 g/mol. The average molecular weight is 538 g/mol. The van der Waals surface area contributed by atoms with Crippen molar-refractivity contribution in [3.05, 3.63) is 47.4 Å². The molecule has 0 aliphatic carbocycles. The first-order chi connectivity index (χ1) is 17.4. The van der Waals surface area contributed by atoms with Gasteiger partial charge >= 0.3 is 5.97 Å². The lowest BCUT2D eigenvalue weighted by Crippen LogP contribution is -2.35. The maximum Gasteiger partial charge on any atom is 0.305 e. The number of benzene rings is 1. The van der Waals surface area contributed by atoms with Crippen molar-refractivity contribution in [1.29, 1.82) is 0 Å². The number of aliphatic hydroxyl groups is 2. The van der Waals surface area contributed by atoms with Gasteiger partial charge in [0.1, 0.15) is 5.82 Å². The van der Waals surface area contributed by atoms with Gasteiger partial charge in [0.2, 0.25) is 16.0 Å². The Hall–Kier alpha value is -2.89. The highest BCUT2D eigenvalue weighted by atomic mass is 32.2. The van der Waals surface area contributed by atoms with Gasteiger partial charge in [-0.25, -0.2) is 27.1 Å². The van der Waals surface area contributed by atoms with Crippen LogP contribution >= 0.6 is 0 Å². The summed E-state index contributed by atoms with van der Waals surface area (Å²) in [6.07, 6.45) is 1.27. The zero-order valence-corrected chi connectivity index (χ0v) is 22.4. The lowest BCUT2D eigenvalue weighted by molar-refractivity contribution is -0.139. The average Bonchev–Trinajstić information content (AvgIpc) is 2.82. The van der Waals surface area contributed by atoms with Crippen LogP contribution in [0.2, 0.25) is 0 Å². The zero-order chi connectivity index (χ0) is 27.8. The highest BCUT2D eigenvalue weighted by Crippen LogP contribution is 2.32. The quantitative estimate of drug-likeness (QED) is 0.329. The normalized spacial score (nSPS) is 13.7. The van der Waals surface area contributed by atoms with E-state index < -0.39 is 40.4 Å². The molecule has 204 valence electrons. The lowest BCUT2D eigenvalue weighted by atomic mass is 9.97. The van der Waals surface area contributed by atoms with Crippen LogP contribution in [-0.2, 0) is 14.8 Å². The molecule has 0 fully saturated rings. The molecule has 9 nitrogen and oxygen atoms in total. The van der Waals surface area contributed by atoms with E-state index >= 15 is 0 Å². The van der Waals surface area contributed by atoms with Crippen LogP contribution in [0, 0.1) is 5.82 Å². The van der Waals surface area contributed by atoms with Gasteiger partial charge in [0.05, 0.1) is 35.8 Å². The van der Waals surface area contributed by atoms with E-state index in [4.69, 9.17) is 5.11 Å². The third kappa shape index (κ3) is 8.58. The van der Waals surface area contributed by atoms with E-state index in [1.165, 1.54) is 34.6 Å². The number of carboxylic acids is 1. The molecule has 0 radical (unpaired) electrons. The molecular formula is C26H36FN3O6S. The molecule has 0 bridgehead atoms. The first-order valence-electron chi connectivity index (χ1n) is 12.3. The Balaban J connectivity index is 2.69. The Kier molecular flexibility index (Phi) is 11.1. The van der Waals surface area contributed by atoms with Gasteiger partial charge in [-0.1, -0.05) is 39.3 Å². The summed E-state index contributed by atoms with van der Waals surface area (Å²) in [5.74, 6) is -1.90. The fourth-order valence-electron chi connectivity index (χ4n) is 3.69. The largest absolute Gasteiger partial charge is 0.481 e. The number of rotatable bonds is 14. The van der Waals surface area contributed by atoms with Gasteiger partial charge in [0.15, 0.2) is 0 Å². The van der Waals surface area contributed by atoms with Crippen molar-refractivity contribution in [1.82, 2.24) is 9.97 Å². The first-order valence-corrected chi connectivity index (χ1v) is 13.9. The van der Waals surface area contributed by atoms with Gasteiger partial charge in [0, 0.05) is 24.1 Å². The zero-order valence-electron chi connectivity index (χ0n) is 21.6. The van der Waals surface area contributed by atoms with E-state index in [1.807, 2.05) is 20.8 Å². The molecule has 0 saturated carbocycles. The van der Waals surface area contributed by atoms with Gasteiger partial charge in [-0.05, 0) is 43.5 Å². The second-order valence-corrected chi connectivity index (χ2v) is 11.3. The molecule has 0 aliphatic heterocycles. The number of aliphatic carboxylic acids is 1. The molecule has 2 aromatic rings. The van der Waals surface area contributed by atoms with E-state index in [1.54, 1.807) is 13.0 Å². The Bertz CT molecular complexity index is 1190. The molecule has 0 aliphatic rings. The van der Waals surface area contributed by atoms with Crippen molar-refractivity contribution in [3.8, 4) is 11.3 Å². The number of unbranched alkanes of at least 4 members (excludes halogenated alkanes) is 1. The predicted molar refractivity (Wildman–Crippen MR) is 141 cm³/mol. The molecule has 1 aromatic carbocycles. The van der Waals surface area contributed by atoms with Gasteiger partial charge in [0.25, 0.3) is 0 Å². The SMILES string of the molecule is CCCCN(c1nc(-c2ccc(F)cc2)c(/C=C/C(O)CC(O)CC(=O)O)c(C(C)C)n1)S(=O)(=O)CC. The van der Waals surface area contributed by atoms with Gasteiger partial charge < -0.3 is 15.3 Å². The molecular weight excluding hydrogens is 501 g/mol. The van der Waals surface area contributed by atoms with Gasteiger partial charge in [-0.3, -0.25) is 4.79 Å². The molecule has 11 heteroatoms. The summed E-state index contributed by atoms with van der Waals surface area (Å²) >= 11 is 0. The van der Waals surface area contributed by atoms with Crippen LogP contribution in [0.25, 0.3) is 17.3 Å². The molecule has 2 unspecified atom stereocenters. The van der Waals surface area contributed by atoms with Crippen LogP contribution in [0.5, 0.6) is 0 Å². The van der Waals surface area contributed by atoms with Crippen LogP contribution in [0.3, 0.4) is 0 Å². The van der Waals surface area contributed by atoms with Crippen molar-refractivity contribution in [2.75, 3.05) is 16.6 Å². The third-order valence-electron chi connectivity index (χ3n) is 5.68. The smallest absolute Gasteiger partial charge is 0.305 e. The molecule has 3 N–H and O–H groups in total. The summed E-state index contributed by atoms with van der Waals surface area (Å²) in [7, 11) is -3.68. The Labute approximate surface area is 217 Å². The molecule has 1 heterocycles. The third-order valence-corrected chi connectivity index (χ3v) is 7.42. The standard InChI is InChI=1S/C26H36FN3O6S/c1-5-7-14-30(37(35,36)6-2)26-28-24(17(3)4)22(13-12-20(31)15-21(32)16-23(33)34)25(29-26)18-8-10-19(27)11-9-18/h8-13,17,20-21,31-32H,5-7,14-16H2,1-4H3,(H,33,34)/b13-12+. The number of sulfonamides is 1. The fraction of sp³-hybridized carbons (Fsp3) is 0.500. The van der Waals surface area contributed by atoms with Crippen molar-refractivity contribution < 1.29 is 32.9 Å². The second kappa shape index (κ2) is 13.6. The number of halogens is 1. The summed E-state index contributed by atoms with van der Waals surface area (Å²) in [4.78, 5) is 20.0. The highest BCUT2D eigenvalue weighted by molar-refractivity contribution is 7.92. The lowest BCUT2D eigenvalue weighted by Gasteiger charge is -2.24. The first kappa shape index (κ1) is 30.3. The minimum absolute atomic E-state index is 0.0212. The topological polar surface area (TPSA) is 141 Å². The van der Waals surface area contributed by atoms with Crippen molar-refractivity contribution >= 4 is 28.0 Å². The number of carboxylic acid groups (broad SMARTS) is 1. The van der Waals surface area contributed by atoms with Crippen LogP contribution in [0.15, 0.2) is 30.3 Å². The summed E-state index contributed by atoms with van der Waals surface area (Å²) in [5, 5.41) is 29.1. The molecule has 0 spiro atoms. The maximum absolute atomic E-state index is 13.7. The van der Waals surface area contributed by atoms with E-state index in [9.17, 15) is 27.8 Å². The Morgan fingerprint density at radius 1 is 1.14 bits per heavy atom. The molecule has 0 amide bonds. The summed E-state index contributed by atoms with van der Waals surface area (Å²) < 4.78 is 40.8. The van der Waals surface area contributed by atoms with Crippen molar-refractivity contribution in [3.63, 3.8) is 0 Å². The van der Waals surface area contributed by atoms with Gasteiger partial charge in [-0.2, -0.15) is 0 Å². The highest BCUT2D eigenvalue weighted by Gasteiger charge is 2.26. The molecule has 2 atom stereocenters. The number of nitrogens with zero attached hydrogens (tertiary/aromatic N) is 3. The maximum atomic E-state index is 13.7. The molecule has 2 rings (SSSR count). The van der Waals surface area contributed by atoms with E-state index in [2.05, 4.69) is 9.97 Å². The Morgan fingerprint density at radius 2 is 1.78 bits per heavy atom. The number of hydrogen-bond acceptors (Lipinski definition) is 7. The molecule has 0 saturated heterocycles.